The van der Waals surface area contributed by atoms with Crippen LogP contribution in [0.4, 0.5) is 0 Å². The second-order valence-electron chi connectivity index (χ2n) is 6.93. The third kappa shape index (κ3) is 8.53. The number of nitrogens with one attached hydrogen (secondary N) is 1. The van der Waals surface area contributed by atoms with Crippen molar-refractivity contribution < 1.29 is 33.7 Å². The van der Waals surface area contributed by atoms with E-state index in [9.17, 15) is 0 Å². The molecular formula is C24H27NO7. The van der Waals surface area contributed by atoms with E-state index in [-0.39, 0.29) is 6.10 Å². The van der Waals surface area contributed by atoms with Crippen LogP contribution in [0, 0.1) is 0 Å². The van der Waals surface area contributed by atoms with Gasteiger partial charge in [0.15, 0.2) is 11.5 Å². The quantitative estimate of drug-likeness (QED) is 0.336. The Morgan fingerprint density at radius 3 is 2.31 bits per heavy atom. The molecule has 0 unspecified atom stereocenters. The number of rotatable bonds is 9. The summed E-state index contributed by atoms with van der Waals surface area (Å²) < 4.78 is 17.1. The minimum absolute atomic E-state index is 0.124. The van der Waals surface area contributed by atoms with Crippen LogP contribution >= 0.6 is 0 Å². The summed E-state index contributed by atoms with van der Waals surface area (Å²) in [7, 11) is 0. The molecule has 3 rings (SSSR count). The van der Waals surface area contributed by atoms with E-state index in [0.717, 1.165) is 35.9 Å². The Bertz CT molecular complexity index is 972. The van der Waals surface area contributed by atoms with Gasteiger partial charge in [0.1, 0.15) is 12.4 Å². The van der Waals surface area contributed by atoms with Crippen LogP contribution in [0.25, 0.3) is 11.3 Å². The van der Waals surface area contributed by atoms with Gasteiger partial charge in [0, 0.05) is 18.7 Å². The van der Waals surface area contributed by atoms with Gasteiger partial charge in [-0.05, 0) is 49.7 Å². The number of carboxylic acid groups (broad SMARTS) is 2. The second-order valence-corrected chi connectivity index (χ2v) is 6.93. The first-order chi connectivity index (χ1) is 15.4. The van der Waals surface area contributed by atoms with Gasteiger partial charge < -0.3 is 29.4 Å². The summed E-state index contributed by atoms with van der Waals surface area (Å²) in [6.45, 7) is 6.13. The molecule has 3 N–H and O–H groups in total. The molecule has 0 aliphatic carbocycles. The SMILES string of the molecule is CC(C)Oc1ccccc1OCCNCc1cccc(-c2ccco2)c1.O=C(O)C(=O)O. The van der Waals surface area contributed by atoms with Crippen molar-refractivity contribution in [3.05, 3.63) is 72.5 Å². The predicted octanol–water partition coefficient (Wildman–Crippen LogP) is 4.06. The molecule has 0 amide bonds. The van der Waals surface area contributed by atoms with Crippen molar-refractivity contribution in [3.8, 4) is 22.8 Å². The normalized spacial score (nSPS) is 10.2. The topological polar surface area (TPSA) is 118 Å². The lowest BCUT2D eigenvalue weighted by Crippen LogP contribution is -2.20. The highest BCUT2D eigenvalue weighted by molar-refractivity contribution is 6.27. The zero-order valence-electron chi connectivity index (χ0n) is 18.0. The average Bonchev–Trinajstić information content (AvgIpc) is 3.30. The molecule has 8 nitrogen and oxygen atoms in total. The number of hydrogen-bond donors (Lipinski definition) is 3. The number of carbonyl (C=O) groups is 2. The molecule has 0 saturated heterocycles. The molecule has 32 heavy (non-hydrogen) atoms. The van der Waals surface area contributed by atoms with E-state index in [1.807, 2.05) is 56.3 Å². The van der Waals surface area contributed by atoms with Crippen molar-refractivity contribution in [1.29, 1.82) is 0 Å². The summed E-state index contributed by atoms with van der Waals surface area (Å²) >= 11 is 0. The molecule has 0 saturated carbocycles. The van der Waals surface area contributed by atoms with Crippen LogP contribution in [0.3, 0.4) is 0 Å². The third-order valence-electron chi connectivity index (χ3n) is 3.99. The van der Waals surface area contributed by atoms with E-state index in [0.29, 0.717) is 6.61 Å². The molecule has 2 aromatic carbocycles. The van der Waals surface area contributed by atoms with Crippen LogP contribution in [0.5, 0.6) is 11.5 Å². The Morgan fingerprint density at radius 1 is 0.969 bits per heavy atom. The fourth-order valence-electron chi connectivity index (χ4n) is 2.66. The van der Waals surface area contributed by atoms with Crippen molar-refractivity contribution >= 4 is 11.9 Å². The van der Waals surface area contributed by atoms with E-state index in [4.69, 9.17) is 33.7 Å². The molecule has 1 aromatic heterocycles. The summed E-state index contributed by atoms with van der Waals surface area (Å²) in [6, 6.07) is 20.0. The molecule has 3 aromatic rings. The zero-order chi connectivity index (χ0) is 23.3. The third-order valence-corrected chi connectivity index (χ3v) is 3.99. The van der Waals surface area contributed by atoms with Gasteiger partial charge in [-0.2, -0.15) is 0 Å². The molecule has 1 heterocycles. The largest absolute Gasteiger partial charge is 0.488 e. The fourth-order valence-corrected chi connectivity index (χ4v) is 2.66. The van der Waals surface area contributed by atoms with Crippen LogP contribution in [0.1, 0.15) is 19.4 Å². The van der Waals surface area contributed by atoms with Gasteiger partial charge in [-0.3, -0.25) is 0 Å². The van der Waals surface area contributed by atoms with E-state index >= 15 is 0 Å². The van der Waals surface area contributed by atoms with Gasteiger partial charge in [-0.15, -0.1) is 0 Å². The molecule has 0 radical (unpaired) electrons. The van der Waals surface area contributed by atoms with Gasteiger partial charge in [-0.1, -0.05) is 30.3 Å². The molecule has 0 aliphatic rings. The number of aliphatic carboxylic acids is 2. The summed E-state index contributed by atoms with van der Waals surface area (Å²) in [4.78, 5) is 18.2. The van der Waals surface area contributed by atoms with Crippen molar-refractivity contribution in [1.82, 2.24) is 5.32 Å². The van der Waals surface area contributed by atoms with Gasteiger partial charge in [0.05, 0.1) is 12.4 Å². The zero-order valence-corrected chi connectivity index (χ0v) is 18.0. The summed E-state index contributed by atoms with van der Waals surface area (Å²) in [5, 5.41) is 18.2. The lowest BCUT2D eigenvalue weighted by molar-refractivity contribution is -0.159. The minimum Gasteiger partial charge on any atom is -0.488 e. The smallest absolute Gasteiger partial charge is 0.414 e. The van der Waals surface area contributed by atoms with Crippen LogP contribution < -0.4 is 14.8 Å². The van der Waals surface area contributed by atoms with E-state index < -0.39 is 11.9 Å². The number of hydrogen-bond acceptors (Lipinski definition) is 6. The standard InChI is InChI=1S/C22H25NO3.C2H2O4/c1-17(2)26-22-10-4-3-9-21(22)25-14-12-23-16-18-7-5-8-19(15-18)20-11-6-13-24-20;3-1(4)2(5)6/h3-11,13,15,17,23H,12,14,16H2,1-2H3;(H,3,4)(H,5,6). The van der Waals surface area contributed by atoms with Crippen molar-refractivity contribution in [2.24, 2.45) is 0 Å². The first-order valence-electron chi connectivity index (χ1n) is 10.0. The Kier molecular flexibility index (Phi) is 9.80. The summed E-state index contributed by atoms with van der Waals surface area (Å²) in [5.41, 5.74) is 2.30. The van der Waals surface area contributed by atoms with E-state index in [2.05, 4.69) is 23.5 Å². The van der Waals surface area contributed by atoms with Crippen molar-refractivity contribution in [2.45, 2.75) is 26.5 Å². The monoisotopic (exact) mass is 441 g/mol. The van der Waals surface area contributed by atoms with Gasteiger partial charge >= 0.3 is 11.9 Å². The molecule has 8 heteroatoms. The van der Waals surface area contributed by atoms with E-state index in [1.54, 1.807) is 6.26 Å². The lowest BCUT2D eigenvalue weighted by atomic mass is 10.1. The highest BCUT2D eigenvalue weighted by Crippen LogP contribution is 2.27. The minimum atomic E-state index is -1.82. The molecule has 0 bridgehead atoms. The highest BCUT2D eigenvalue weighted by Gasteiger charge is 2.06. The number of ether oxygens (including phenoxy) is 2. The first kappa shape index (κ1) is 24.5. The molecular weight excluding hydrogens is 414 g/mol. The van der Waals surface area contributed by atoms with Crippen LogP contribution in [-0.4, -0.2) is 41.4 Å². The Hall–Kier alpha value is -3.78. The average molecular weight is 441 g/mol. The highest BCUT2D eigenvalue weighted by atomic mass is 16.5. The van der Waals surface area contributed by atoms with Crippen LogP contribution in [0.2, 0.25) is 0 Å². The second kappa shape index (κ2) is 12.8. The number of furan rings is 1. The first-order valence-corrected chi connectivity index (χ1v) is 10.0. The molecule has 0 atom stereocenters. The number of carboxylic acids is 2. The van der Waals surface area contributed by atoms with Crippen LogP contribution in [-0.2, 0) is 16.1 Å². The molecule has 170 valence electrons. The maximum absolute atomic E-state index is 9.10. The van der Waals surface area contributed by atoms with Gasteiger partial charge in [0.25, 0.3) is 0 Å². The Balaban J connectivity index is 0.000000534. The lowest BCUT2D eigenvalue weighted by Gasteiger charge is -2.15. The van der Waals surface area contributed by atoms with Crippen molar-refractivity contribution in [3.63, 3.8) is 0 Å². The fraction of sp³-hybridized carbons (Fsp3) is 0.250. The molecule has 0 fully saturated rings. The maximum Gasteiger partial charge on any atom is 0.414 e. The van der Waals surface area contributed by atoms with Gasteiger partial charge in [-0.25, -0.2) is 9.59 Å². The van der Waals surface area contributed by atoms with Crippen molar-refractivity contribution in [2.75, 3.05) is 13.2 Å². The number of benzene rings is 2. The Labute approximate surface area is 186 Å². The van der Waals surface area contributed by atoms with Crippen LogP contribution in [0.15, 0.2) is 71.3 Å². The van der Waals surface area contributed by atoms with Gasteiger partial charge in [0.2, 0.25) is 0 Å². The van der Waals surface area contributed by atoms with E-state index in [1.165, 1.54) is 5.56 Å². The Morgan fingerprint density at radius 2 is 1.69 bits per heavy atom. The maximum atomic E-state index is 9.10. The summed E-state index contributed by atoms with van der Waals surface area (Å²) in [5.74, 6) is -1.20. The predicted molar refractivity (Wildman–Crippen MR) is 119 cm³/mol. The summed E-state index contributed by atoms with van der Waals surface area (Å²) in [6.07, 6.45) is 1.82. The molecule has 0 aliphatic heterocycles. The molecule has 0 spiro atoms. The number of para-hydroxylation sites is 2.